The molecule has 4 aliphatic rings. The van der Waals surface area contributed by atoms with Gasteiger partial charge in [0.15, 0.2) is 0 Å². The van der Waals surface area contributed by atoms with Gasteiger partial charge < -0.3 is 14.4 Å². The van der Waals surface area contributed by atoms with Gasteiger partial charge in [-0.3, -0.25) is 0 Å². The Bertz CT molecular complexity index is 1210. The van der Waals surface area contributed by atoms with Crippen molar-refractivity contribution in [2.75, 3.05) is 39.5 Å². The van der Waals surface area contributed by atoms with Crippen LogP contribution in [0.4, 0.5) is 18.0 Å². The number of urea groups is 1. The molecule has 2 spiro atoms. The van der Waals surface area contributed by atoms with Crippen LogP contribution in [0.3, 0.4) is 0 Å². The first-order valence-electron chi connectivity index (χ1n) is 12.5. The molecule has 2 aliphatic heterocycles. The van der Waals surface area contributed by atoms with Crippen LogP contribution in [0.15, 0.2) is 30.6 Å². The van der Waals surface area contributed by atoms with E-state index in [2.05, 4.69) is 22.2 Å². The molecule has 6 rings (SSSR count). The summed E-state index contributed by atoms with van der Waals surface area (Å²) in [7, 11) is -2.22. The molecule has 2 aliphatic carbocycles. The minimum Gasteiger partial charge on any atom is -0.323 e. The molecule has 11 heteroatoms. The van der Waals surface area contributed by atoms with Gasteiger partial charge in [0.25, 0.3) is 5.82 Å². The number of hydrogen-bond donors (Lipinski definition) is 0. The summed E-state index contributed by atoms with van der Waals surface area (Å²) < 4.78 is 51.7. The maximum Gasteiger partial charge on any atom is 0.453 e. The van der Waals surface area contributed by atoms with E-state index in [9.17, 15) is 22.5 Å². The van der Waals surface area contributed by atoms with Crippen molar-refractivity contribution in [3.8, 4) is 0 Å². The van der Waals surface area contributed by atoms with E-state index in [1.54, 1.807) is 13.3 Å². The van der Waals surface area contributed by atoms with E-state index in [0.29, 0.717) is 19.0 Å². The molecule has 0 radical (unpaired) electrons. The van der Waals surface area contributed by atoms with Gasteiger partial charge in [0.1, 0.15) is 13.5 Å². The average molecular weight is 522 g/mol. The third kappa shape index (κ3) is 4.15. The normalized spacial score (nSPS) is 23.2. The van der Waals surface area contributed by atoms with Crippen LogP contribution in [0.2, 0.25) is 0 Å². The summed E-state index contributed by atoms with van der Waals surface area (Å²) in [6.45, 7) is 6.57. The molecule has 0 unspecified atom stereocenters. The van der Waals surface area contributed by atoms with Gasteiger partial charge in [0.05, 0.1) is 6.04 Å². The minimum atomic E-state index is -4.52. The van der Waals surface area contributed by atoms with Crippen molar-refractivity contribution in [3.63, 3.8) is 0 Å². The van der Waals surface area contributed by atoms with Gasteiger partial charge in [-0.05, 0) is 56.9 Å². The lowest BCUT2D eigenvalue weighted by Gasteiger charge is -2.63. The van der Waals surface area contributed by atoms with Crippen LogP contribution in [-0.4, -0.2) is 70.1 Å². The second-order valence-corrected chi connectivity index (χ2v) is 15.3. The van der Waals surface area contributed by atoms with E-state index in [1.165, 1.54) is 10.2 Å². The first-order chi connectivity index (χ1) is 16.8. The summed E-state index contributed by atoms with van der Waals surface area (Å²) >= 11 is 0. The van der Waals surface area contributed by atoms with Crippen molar-refractivity contribution in [3.05, 3.63) is 42.0 Å². The fourth-order valence-electron chi connectivity index (χ4n) is 6.86. The van der Waals surface area contributed by atoms with E-state index >= 15 is 0 Å². The summed E-state index contributed by atoms with van der Waals surface area (Å²) in [5, 5.41) is 4.51. The number of alkyl halides is 3. The van der Waals surface area contributed by atoms with Gasteiger partial charge >= 0.3 is 12.2 Å². The molecule has 194 valence electrons. The fourth-order valence-corrected chi connectivity index (χ4v) is 7.72. The molecule has 0 bridgehead atoms. The number of benzene rings is 1. The topological polar surface area (TPSA) is 71.3 Å². The third-order valence-corrected chi connectivity index (χ3v) is 10.2. The molecule has 4 fully saturated rings. The highest BCUT2D eigenvalue weighted by molar-refractivity contribution is 7.70. The number of nitrogens with zero attached hydrogens (tertiary/aromatic N) is 5. The average Bonchev–Trinajstić information content (AvgIpc) is 3.16. The summed E-state index contributed by atoms with van der Waals surface area (Å²) in [5.41, 5.74) is 1.58. The molecule has 2 saturated heterocycles. The number of aromatic nitrogens is 3. The Morgan fingerprint density at radius 1 is 1.00 bits per heavy atom. The van der Waals surface area contributed by atoms with Crippen molar-refractivity contribution in [2.45, 2.75) is 44.3 Å². The second kappa shape index (κ2) is 7.83. The van der Waals surface area contributed by atoms with Crippen LogP contribution in [-0.2, 0) is 17.2 Å². The molecule has 3 heterocycles. The molecule has 7 nitrogen and oxygen atoms in total. The Kier molecular flexibility index (Phi) is 5.22. The number of likely N-dealkylation sites (tertiary alicyclic amines) is 2. The van der Waals surface area contributed by atoms with Crippen molar-refractivity contribution < 1.29 is 22.5 Å². The van der Waals surface area contributed by atoms with Gasteiger partial charge in [0, 0.05) is 42.3 Å². The zero-order valence-corrected chi connectivity index (χ0v) is 21.4. The maximum absolute atomic E-state index is 12.9. The van der Waals surface area contributed by atoms with E-state index in [0.717, 1.165) is 56.8 Å². The summed E-state index contributed by atoms with van der Waals surface area (Å²) in [6, 6.07) is 8.19. The molecule has 1 aromatic carbocycles. The van der Waals surface area contributed by atoms with E-state index < -0.39 is 19.1 Å². The Balaban J connectivity index is 0.924. The number of amides is 2. The largest absolute Gasteiger partial charge is 0.453 e. The van der Waals surface area contributed by atoms with Crippen LogP contribution < -0.4 is 5.30 Å². The predicted octanol–water partition coefficient (Wildman–Crippen LogP) is 4.26. The Morgan fingerprint density at radius 3 is 2.06 bits per heavy atom. The summed E-state index contributed by atoms with van der Waals surface area (Å²) in [4.78, 5) is 20.1. The lowest BCUT2D eigenvalue weighted by molar-refractivity contribution is -0.145. The Labute approximate surface area is 208 Å². The van der Waals surface area contributed by atoms with Crippen LogP contribution >= 0.6 is 7.14 Å². The number of rotatable bonds is 4. The highest BCUT2D eigenvalue weighted by Gasteiger charge is 2.58. The molecule has 0 N–H and O–H groups in total. The number of halogens is 3. The smallest absolute Gasteiger partial charge is 0.323 e. The van der Waals surface area contributed by atoms with Crippen LogP contribution in [0.5, 0.6) is 0 Å². The SMILES string of the molecule is CP(C)(=O)c1ccc(CC2CC3(C2)CN(C(=O)N2CC4(CC(n5cnc(C(F)(F)F)n5)C4)C2)C3)cc1. The summed E-state index contributed by atoms with van der Waals surface area (Å²) in [5.74, 6) is -0.460. The van der Waals surface area contributed by atoms with E-state index in [-0.39, 0.29) is 22.9 Å². The van der Waals surface area contributed by atoms with Crippen LogP contribution in [0, 0.1) is 16.7 Å². The van der Waals surface area contributed by atoms with Gasteiger partial charge in [-0.15, -0.1) is 5.10 Å². The number of carbonyl (C=O) groups excluding carboxylic acids is 1. The van der Waals surface area contributed by atoms with Crippen molar-refractivity contribution >= 4 is 18.5 Å². The zero-order valence-electron chi connectivity index (χ0n) is 20.5. The lowest BCUT2D eigenvalue weighted by atomic mass is 9.56. The minimum absolute atomic E-state index is 0.0215. The van der Waals surface area contributed by atoms with E-state index in [1.807, 2.05) is 21.9 Å². The highest BCUT2D eigenvalue weighted by Crippen LogP contribution is 2.56. The molecule has 0 atom stereocenters. The Hall–Kier alpha value is -2.35. The lowest BCUT2D eigenvalue weighted by Crippen LogP contribution is -2.71. The standard InChI is InChI=1S/C25H31F3N5O2P/c1-36(2,35)20-5-3-17(4-6-20)7-18-8-23(9-18)12-31(13-23)22(34)32-14-24(15-32)10-19(11-24)33-16-29-21(30-33)25(26,27)28/h3-6,16,18-19H,7-15H2,1-2H3. The molecule has 2 amide bonds. The van der Waals surface area contributed by atoms with Crippen molar-refractivity contribution in [2.24, 2.45) is 16.7 Å². The van der Waals surface area contributed by atoms with Gasteiger partial charge in [-0.1, -0.05) is 24.3 Å². The zero-order chi connectivity index (χ0) is 25.5. The molecular formula is C25H31F3N5O2P. The predicted molar refractivity (Wildman–Crippen MR) is 129 cm³/mol. The van der Waals surface area contributed by atoms with Gasteiger partial charge in [0.2, 0.25) is 0 Å². The first-order valence-corrected chi connectivity index (χ1v) is 15.1. The van der Waals surface area contributed by atoms with E-state index in [4.69, 9.17) is 0 Å². The highest BCUT2D eigenvalue weighted by atomic mass is 31.2. The third-order valence-electron chi connectivity index (χ3n) is 8.65. The van der Waals surface area contributed by atoms with Gasteiger partial charge in [-0.25, -0.2) is 14.5 Å². The fraction of sp³-hybridized carbons (Fsp3) is 0.640. The summed E-state index contributed by atoms with van der Waals surface area (Å²) in [6.07, 6.45) is 1.42. The Morgan fingerprint density at radius 2 is 1.56 bits per heavy atom. The molecule has 2 aromatic rings. The van der Waals surface area contributed by atoms with Crippen LogP contribution in [0.25, 0.3) is 0 Å². The number of hydrogen-bond acceptors (Lipinski definition) is 4. The first kappa shape index (κ1) is 24.0. The molecule has 36 heavy (non-hydrogen) atoms. The quantitative estimate of drug-likeness (QED) is 0.564. The maximum atomic E-state index is 12.9. The second-order valence-electron chi connectivity index (χ2n) is 12.1. The molecular weight excluding hydrogens is 490 g/mol. The molecule has 1 aromatic heterocycles. The van der Waals surface area contributed by atoms with Crippen molar-refractivity contribution in [1.82, 2.24) is 24.6 Å². The van der Waals surface area contributed by atoms with Crippen LogP contribution in [0.1, 0.15) is 43.1 Å². The van der Waals surface area contributed by atoms with Gasteiger partial charge in [-0.2, -0.15) is 13.2 Å². The monoisotopic (exact) mass is 521 g/mol. The number of carbonyl (C=O) groups is 1. The van der Waals surface area contributed by atoms with Crippen molar-refractivity contribution in [1.29, 1.82) is 0 Å². The molecule has 2 saturated carbocycles.